The lowest BCUT2D eigenvalue weighted by Crippen LogP contribution is -2.30. The Morgan fingerprint density at radius 2 is 1.76 bits per heavy atom. The third-order valence-electron chi connectivity index (χ3n) is 3.20. The second-order valence-corrected chi connectivity index (χ2v) is 4.91. The van der Waals surface area contributed by atoms with E-state index in [2.05, 4.69) is 31.1 Å². The maximum Gasteiger partial charge on any atom is 0.269 e. The number of nitrogens with zero attached hydrogens (tertiary/aromatic N) is 3. The zero-order valence-electron chi connectivity index (χ0n) is 12.9. The molecule has 0 saturated carbocycles. The van der Waals surface area contributed by atoms with Crippen LogP contribution < -0.4 is 21.9 Å². The van der Waals surface area contributed by atoms with Crippen LogP contribution >= 0.6 is 0 Å². The van der Waals surface area contributed by atoms with Gasteiger partial charge in [0.25, 0.3) is 5.91 Å². The monoisotopic (exact) mass is 339 g/mol. The van der Waals surface area contributed by atoms with Gasteiger partial charge in [-0.1, -0.05) is 6.07 Å². The summed E-state index contributed by atoms with van der Waals surface area (Å²) in [6.07, 6.45) is 2.91. The Morgan fingerprint density at radius 3 is 2.48 bits per heavy atom. The van der Waals surface area contributed by atoms with Crippen LogP contribution in [-0.4, -0.2) is 20.9 Å². The van der Waals surface area contributed by atoms with Crippen molar-refractivity contribution in [2.24, 2.45) is 0 Å². The van der Waals surface area contributed by atoms with Crippen molar-refractivity contribution < 1.29 is 9.18 Å². The van der Waals surface area contributed by atoms with Crippen molar-refractivity contribution in [3.63, 3.8) is 0 Å². The van der Waals surface area contributed by atoms with Crippen LogP contribution in [0, 0.1) is 5.82 Å². The minimum absolute atomic E-state index is 0.201. The van der Waals surface area contributed by atoms with E-state index in [-0.39, 0.29) is 17.1 Å². The number of nitrogens with two attached hydrogens (primary N) is 1. The zero-order valence-corrected chi connectivity index (χ0v) is 12.9. The molecule has 0 saturated heterocycles. The van der Waals surface area contributed by atoms with Crippen LogP contribution in [0.25, 0.3) is 0 Å². The largest absolute Gasteiger partial charge is 0.393 e. The third kappa shape index (κ3) is 3.96. The van der Waals surface area contributed by atoms with Crippen LogP contribution in [-0.2, 0) is 0 Å². The normalized spacial score (nSPS) is 10.1. The number of hydrogen-bond acceptors (Lipinski definition) is 7. The van der Waals surface area contributed by atoms with E-state index in [1.54, 1.807) is 18.3 Å². The number of nitrogens with one attached hydrogen (secondary N) is 3. The predicted octanol–water partition coefficient (Wildman–Crippen LogP) is 2.09. The lowest BCUT2D eigenvalue weighted by Gasteiger charge is -2.12. The molecule has 9 heteroatoms. The Labute approximate surface area is 142 Å². The fourth-order valence-electron chi connectivity index (χ4n) is 1.94. The summed E-state index contributed by atoms with van der Waals surface area (Å²) in [6, 6.07) is 10.5. The molecule has 0 bridgehead atoms. The molecule has 2 heterocycles. The van der Waals surface area contributed by atoms with E-state index in [1.807, 2.05) is 6.07 Å². The first kappa shape index (κ1) is 16.1. The van der Waals surface area contributed by atoms with Gasteiger partial charge in [0.15, 0.2) is 11.6 Å². The van der Waals surface area contributed by atoms with Crippen molar-refractivity contribution in [3.8, 4) is 0 Å². The fraction of sp³-hybridized carbons (Fsp3) is 0. The summed E-state index contributed by atoms with van der Waals surface area (Å²) in [5, 5.41) is 2.96. The lowest BCUT2D eigenvalue weighted by molar-refractivity contribution is 0.0962. The summed E-state index contributed by atoms with van der Waals surface area (Å²) in [6.45, 7) is 0. The summed E-state index contributed by atoms with van der Waals surface area (Å²) in [7, 11) is 0. The first-order valence-corrected chi connectivity index (χ1v) is 7.24. The number of pyridine rings is 1. The van der Waals surface area contributed by atoms with Gasteiger partial charge in [0.1, 0.15) is 23.6 Å². The van der Waals surface area contributed by atoms with Gasteiger partial charge < -0.3 is 11.1 Å². The molecule has 0 fully saturated rings. The number of rotatable bonds is 5. The molecule has 0 unspecified atom stereocenters. The van der Waals surface area contributed by atoms with E-state index >= 15 is 0 Å². The van der Waals surface area contributed by atoms with Gasteiger partial charge in [0.05, 0.1) is 0 Å². The number of halogens is 1. The number of amides is 1. The Morgan fingerprint density at radius 1 is 1.00 bits per heavy atom. The van der Waals surface area contributed by atoms with Crippen LogP contribution in [0.4, 0.5) is 27.5 Å². The minimum atomic E-state index is -0.461. The molecule has 25 heavy (non-hydrogen) atoms. The SMILES string of the molecule is Nc1c(NNC(=O)c2ccc(F)cc2)ncnc1Nc1ccccn1. The Kier molecular flexibility index (Phi) is 4.65. The van der Waals surface area contributed by atoms with Gasteiger partial charge in [-0.2, -0.15) is 0 Å². The molecule has 8 nitrogen and oxygen atoms in total. The minimum Gasteiger partial charge on any atom is -0.393 e. The molecule has 2 aromatic heterocycles. The third-order valence-corrected chi connectivity index (χ3v) is 3.20. The van der Waals surface area contributed by atoms with Crippen molar-refractivity contribution >= 4 is 29.0 Å². The number of anilines is 4. The molecule has 0 aliphatic carbocycles. The number of aromatic nitrogens is 3. The highest BCUT2D eigenvalue weighted by molar-refractivity contribution is 5.95. The summed E-state index contributed by atoms with van der Waals surface area (Å²) >= 11 is 0. The Hall–Kier alpha value is -3.75. The molecule has 1 amide bonds. The first-order valence-electron chi connectivity index (χ1n) is 7.24. The molecule has 5 N–H and O–H groups in total. The van der Waals surface area contributed by atoms with Gasteiger partial charge >= 0.3 is 0 Å². The summed E-state index contributed by atoms with van der Waals surface area (Å²) in [5.41, 5.74) is 11.5. The molecular formula is C16H14FN7O. The average Bonchev–Trinajstić information content (AvgIpc) is 2.63. The van der Waals surface area contributed by atoms with E-state index in [4.69, 9.17) is 5.73 Å². The van der Waals surface area contributed by atoms with Crippen LogP contribution in [0.15, 0.2) is 55.0 Å². The van der Waals surface area contributed by atoms with E-state index in [1.165, 1.54) is 30.6 Å². The summed E-state index contributed by atoms with van der Waals surface area (Å²) < 4.78 is 12.9. The number of hydrazine groups is 1. The molecule has 0 radical (unpaired) electrons. The highest BCUT2D eigenvalue weighted by Gasteiger charge is 2.10. The Balaban J connectivity index is 1.69. The van der Waals surface area contributed by atoms with Crippen molar-refractivity contribution in [2.45, 2.75) is 0 Å². The standard InChI is InChI=1S/C16H14FN7O/c17-11-6-4-10(5-7-11)16(25)24-23-15-13(18)14(20-9-21-15)22-12-3-1-2-8-19-12/h1-9H,18H2,(H,24,25)(H2,19,20,21,22,23). The molecule has 0 aliphatic heterocycles. The van der Waals surface area contributed by atoms with Gasteiger partial charge in [-0.3, -0.25) is 15.6 Å². The average molecular weight is 339 g/mol. The number of carbonyl (C=O) groups is 1. The molecule has 126 valence electrons. The Bertz CT molecular complexity index is 871. The van der Waals surface area contributed by atoms with Gasteiger partial charge in [-0.05, 0) is 36.4 Å². The second kappa shape index (κ2) is 7.21. The predicted molar refractivity (Wildman–Crippen MR) is 91.5 cm³/mol. The van der Waals surface area contributed by atoms with Crippen LogP contribution in [0.1, 0.15) is 10.4 Å². The second-order valence-electron chi connectivity index (χ2n) is 4.91. The number of benzene rings is 1. The van der Waals surface area contributed by atoms with Crippen molar-refractivity contribution in [1.82, 2.24) is 20.4 Å². The molecule has 3 rings (SSSR count). The van der Waals surface area contributed by atoms with Gasteiger partial charge in [-0.25, -0.2) is 19.3 Å². The quantitative estimate of drug-likeness (QED) is 0.526. The van der Waals surface area contributed by atoms with Crippen molar-refractivity contribution in [1.29, 1.82) is 0 Å². The smallest absolute Gasteiger partial charge is 0.269 e. The van der Waals surface area contributed by atoms with Crippen LogP contribution in [0.2, 0.25) is 0 Å². The molecule has 3 aromatic rings. The maximum absolute atomic E-state index is 12.9. The molecule has 0 aliphatic rings. The van der Waals surface area contributed by atoms with Crippen molar-refractivity contribution in [2.75, 3.05) is 16.5 Å². The molecular weight excluding hydrogens is 325 g/mol. The first-order chi connectivity index (χ1) is 12.1. The van der Waals surface area contributed by atoms with Crippen LogP contribution in [0.5, 0.6) is 0 Å². The lowest BCUT2D eigenvalue weighted by atomic mass is 10.2. The van der Waals surface area contributed by atoms with Gasteiger partial charge in [0, 0.05) is 11.8 Å². The van der Waals surface area contributed by atoms with Crippen molar-refractivity contribution in [3.05, 3.63) is 66.4 Å². The topological polar surface area (TPSA) is 118 Å². The van der Waals surface area contributed by atoms with E-state index in [0.29, 0.717) is 11.6 Å². The van der Waals surface area contributed by atoms with Gasteiger partial charge in [-0.15, -0.1) is 0 Å². The summed E-state index contributed by atoms with van der Waals surface area (Å²) in [5.74, 6) is 0.234. The van der Waals surface area contributed by atoms with E-state index in [0.717, 1.165) is 0 Å². The van der Waals surface area contributed by atoms with E-state index < -0.39 is 11.7 Å². The zero-order chi connectivity index (χ0) is 17.6. The number of nitrogen functional groups attached to an aromatic ring is 1. The number of carbonyl (C=O) groups excluding carboxylic acids is 1. The van der Waals surface area contributed by atoms with E-state index in [9.17, 15) is 9.18 Å². The molecule has 0 spiro atoms. The summed E-state index contributed by atoms with van der Waals surface area (Å²) in [4.78, 5) is 24.2. The molecule has 0 atom stereocenters. The van der Waals surface area contributed by atoms with Crippen LogP contribution in [0.3, 0.4) is 0 Å². The highest BCUT2D eigenvalue weighted by atomic mass is 19.1. The molecule has 1 aromatic carbocycles. The highest BCUT2D eigenvalue weighted by Crippen LogP contribution is 2.24. The number of hydrogen-bond donors (Lipinski definition) is 4. The fourth-order valence-corrected chi connectivity index (χ4v) is 1.94. The maximum atomic E-state index is 12.9. The van der Waals surface area contributed by atoms with Gasteiger partial charge in [0.2, 0.25) is 0 Å².